The molecule has 2 aromatic heterocycles. The van der Waals surface area contributed by atoms with E-state index in [0.717, 1.165) is 24.1 Å². The van der Waals surface area contributed by atoms with Crippen LogP contribution in [0.5, 0.6) is 0 Å². The average molecular weight is 458 g/mol. The minimum atomic E-state index is -1.02. The van der Waals surface area contributed by atoms with Gasteiger partial charge in [-0.3, -0.25) is 4.79 Å². The van der Waals surface area contributed by atoms with Gasteiger partial charge in [-0.2, -0.15) is 0 Å². The summed E-state index contributed by atoms with van der Waals surface area (Å²) in [4.78, 5) is 18.9. The van der Waals surface area contributed by atoms with Crippen LogP contribution in [-0.4, -0.2) is 47.3 Å². The molecule has 32 heavy (non-hydrogen) atoms. The zero-order valence-corrected chi connectivity index (χ0v) is 19.1. The van der Waals surface area contributed by atoms with Crippen molar-refractivity contribution in [1.29, 1.82) is 0 Å². The Labute approximate surface area is 192 Å². The Kier molecular flexibility index (Phi) is 7.91. The van der Waals surface area contributed by atoms with Crippen LogP contribution in [0.2, 0.25) is 0 Å². The third-order valence-corrected chi connectivity index (χ3v) is 6.73. The molecule has 1 aliphatic rings. The van der Waals surface area contributed by atoms with E-state index in [9.17, 15) is 9.90 Å². The average Bonchev–Trinajstić information content (AvgIpc) is 3.48. The number of nitrogens with zero attached hydrogens (tertiary/aromatic N) is 1. The fraction of sp³-hybridized carbons (Fsp3) is 0.500. The molecule has 0 bridgehead atoms. The van der Waals surface area contributed by atoms with Crippen LogP contribution in [-0.2, 0) is 16.0 Å². The normalized spacial score (nSPS) is 17.8. The summed E-state index contributed by atoms with van der Waals surface area (Å²) < 4.78 is 11.2. The largest absolute Gasteiger partial charge is 0.438 e. The fourth-order valence-corrected chi connectivity index (χ4v) is 4.85. The fourth-order valence-electron chi connectivity index (χ4n) is 4.10. The second-order valence-corrected chi connectivity index (χ2v) is 9.29. The number of carbonyl (C=O) groups is 1. The van der Waals surface area contributed by atoms with E-state index in [1.165, 1.54) is 0 Å². The first-order chi connectivity index (χ1) is 15.6. The highest BCUT2D eigenvalue weighted by Crippen LogP contribution is 2.24. The van der Waals surface area contributed by atoms with Gasteiger partial charge in [0.1, 0.15) is 5.52 Å². The molecule has 0 aliphatic carbocycles. The lowest BCUT2D eigenvalue weighted by atomic mass is 10.0. The summed E-state index contributed by atoms with van der Waals surface area (Å²) in [6.07, 6.45) is 2.80. The van der Waals surface area contributed by atoms with E-state index in [2.05, 4.69) is 15.6 Å². The second kappa shape index (κ2) is 11.0. The number of thiophene rings is 1. The summed E-state index contributed by atoms with van der Waals surface area (Å²) in [7, 11) is 0. The van der Waals surface area contributed by atoms with Crippen LogP contribution in [0.4, 0.5) is 0 Å². The monoisotopic (exact) mass is 457 g/mol. The van der Waals surface area contributed by atoms with E-state index in [1.807, 2.05) is 48.7 Å². The molecule has 1 amide bonds. The van der Waals surface area contributed by atoms with Gasteiger partial charge in [0.05, 0.1) is 12.1 Å². The zero-order valence-electron chi connectivity index (χ0n) is 18.3. The number of hydrogen-bond acceptors (Lipinski definition) is 7. The number of fused-ring (bicyclic) bond motifs is 1. The number of hydrogen-bond donors (Lipinski definition) is 3. The van der Waals surface area contributed by atoms with Crippen molar-refractivity contribution >= 4 is 28.3 Å². The van der Waals surface area contributed by atoms with Crippen molar-refractivity contribution in [1.82, 2.24) is 15.6 Å². The molecular formula is C24H31N3O4S. The Morgan fingerprint density at radius 1 is 1.25 bits per heavy atom. The molecule has 1 unspecified atom stereocenters. The number of carbonyl (C=O) groups excluding carboxylic acids is 1. The van der Waals surface area contributed by atoms with Crippen LogP contribution in [0, 0.1) is 0 Å². The van der Waals surface area contributed by atoms with Crippen LogP contribution < -0.4 is 10.6 Å². The number of para-hydroxylation sites is 2. The number of aliphatic hydroxyl groups is 1. The van der Waals surface area contributed by atoms with Crippen molar-refractivity contribution in [3.05, 3.63) is 52.5 Å². The summed E-state index contributed by atoms with van der Waals surface area (Å²) in [6, 6.07) is 10.8. The lowest BCUT2D eigenvalue weighted by Crippen LogP contribution is -2.53. The third-order valence-electron chi connectivity index (χ3n) is 5.83. The summed E-state index contributed by atoms with van der Waals surface area (Å²) in [5.74, 6) is 0.121. The Morgan fingerprint density at radius 2 is 2.06 bits per heavy atom. The van der Waals surface area contributed by atoms with Crippen molar-refractivity contribution in [3.63, 3.8) is 0 Å². The smallest absolute Gasteiger partial charge is 0.237 e. The van der Waals surface area contributed by atoms with Gasteiger partial charge in [0, 0.05) is 30.6 Å². The molecule has 0 radical (unpaired) electrons. The van der Waals surface area contributed by atoms with Gasteiger partial charge in [0.25, 0.3) is 0 Å². The van der Waals surface area contributed by atoms with Gasteiger partial charge in [-0.25, -0.2) is 4.98 Å². The summed E-state index contributed by atoms with van der Waals surface area (Å²) in [5, 5.41) is 19.7. The van der Waals surface area contributed by atoms with Gasteiger partial charge >= 0.3 is 0 Å². The lowest BCUT2D eigenvalue weighted by molar-refractivity contribution is -0.125. The molecule has 4 rings (SSSR count). The maximum Gasteiger partial charge on any atom is 0.237 e. The number of nitrogens with one attached hydrogen (secondary N) is 2. The molecule has 3 aromatic rings. The van der Waals surface area contributed by atoms with Crippen molar-refractivity contribution in [2.24, 2.45) is 0 Å². The van der Waals surface area contributed by atoms with Crippen LogP contribution in [0.25, 0.3) is 11.1 Å². The molecule has 3 atom stereocenters. The van der Waals surface area contributed by atoms with E-state index in [0.29, 0.717) is 37.2 Å². The predicted molar refractivity (Wildman–Crippen MR) is 125 cm³/mol. The molecule has 0 saturated carbocycles. The van der Waals surface area contributed by atoms with Crippen LogP contribution in [0.1, 0.15) is 49.5 Å². The van der Waals surface area contributed by atoms with E-state index >= 15 is 0 Å². The second-order valence-electron chi connectivity index (χ2n) is 8.26. The van der Waals surface area contributed by atoms with E-state index in [4.69, 9.17) is 9.15 Å². The molecule has 3 heterocycles. The van der Waals surface area contributed by atoms with Gasteiger partial charge in [-0.15, -0.1) is 11.3 Å². The van der Waals surface area contributed by atoms with Crippen LogP contribution in [0.15, 0.2) is 46.2 Å². The molecule has 7 nitrogen and oxygen atoms in total. The molecule has 8 heteroatoms. The molecule has 1 aromatic carbocycles. The molecule has 0 spiro atoms. The summed E-state index contributed by atoms with van der Waals surface area (Å²) in [5.41, 5.74) is 1.32. The molecular weight excluding hydrogens is 426 g/mol. The van der Waals surface area contributed by atoms with Crippen molar-refractivity contribution < 1.29 is 19.1 Å². The molecule has 1 aliphatic heterocycles. The quantitative estimate of drug-likeness (QED) is 0.431. The molecule has 1 fully saturated rings. The molecule has 1 saturated heterocycles. The number of amides is 1. The van der Waals surface area contributed by atoms with E-state index in [-0.39, 0.29) is 23.9 Å². The van der Waals surface area contributed by atoms with Crippen molar-refractivity contribution in [3.8, 4) is 0 Å². The standard InChI is InChI=1S/C24H31N3O4S/c1-2-6-19(22(28)24-27-18-8-3-4-9-21(18)31-24)26-23(29)20(15-17-7-5-14-32-17)25-16-10-12-30-13-11-16/h3-5,7-9,14,16,19-20,22,25,28H,2,6,10-13,15H2,1H3,(H,26,29)/t19-,20-,22?/m0/s1. The minimum Gasteiger partial charge on any atom is -0.438 e. The number of ether oxygens (including phenoxy) is 1. The van der Waals surface area contributed by atoms with Crippen LogP contribution in [0.3, 0.4) is 0 Å². The van der Waals surface area contributed by atoms with Crippen molar-refractivity contribution in [2.75, 3.05) is 13.2 Å². The van der Waals surface area contributed by atoms with Crippen molar-refractivity contribution in [2.45, 2.75) is 63.3 Å². The minimum absolute atomic E-state index is 0.112. The third kappa shape index (κ3) is 5.75. The number of aliphatic hydroxyl groups excluding tert-OH is 1. The lowest BCUT2D eigenvalue weighted by Gasteiger charge is -2.30. The highest BCUT2D eigenvalue weighted by Gasteiger charge is 2.30. The SMILES string of the molecule is CCC[C@H](NC(=O)[C@H](Cc1cccs1)NC1CCOCC1)C(O)c1nc2ccccc2o1. The first-order valence-corrected chi connectivity index (χ1v) is 12.2. The Morgan fingerprint density at radius 3 is 2.78 bits per heavy atom. The van der Waals surface area contributed by atoms with Gasteiger partial charge in [-0.1, -0.05) is 31.5 Å². The summed E-state index contributed by atoms with van der Waals surface area (Å²) >= 11 is 1.65. The van der Waals surface area contributed by atoms with Gasteiger partial charge in [0.2, 0.25) is 11.8 Å². The first kappa shape index (κ1) is 22.9. The number of rotatable bonds is 10. The number of benzene rings is 1. The Hall–Kier alpha value is -2.26. The molecule has 3 N–H and O–H groups in total. The highest BCUT2D eigenvalue weighted by atomic mass is 32.1. The number of aromatic nitrogens is 1. The molecule has 172 valence electrons. The predicted octanol–water partition coefficient (Wildman–Crippen LogP) is 3.59. The van der Waals surface area contributed by atoms with Gasteiger partial charge in [0.15, 0.2) is 11.7 Å². The topological polar surface area (TPSA) is 96.6 Å². The number of oxazole rings is 1. The maximum atomic E-state index is 13.4. The Balaban J connectivity index is 1.48. The van der Waals surface area contributed by atoms with Crippen LogP contribution >= 0.6 is 11.3 Å². The Bertz CT molecular complexity index is 951. The maximum absolute atomic E-state index is 13.4. The van der Waals surface area contributed by atoms with Gasteiger partial charge < -0.3 is 24.9 Å². The van der Waals surface area contributed by atoms with E-state index in [1.54, 1.807) is 11.3 Å². The summed E-state index contributed by atoms with van der Waals surface area (Å²) in [6.45, 7) is 3.45. The van der Waals surface area contributed by atoms with Gasteiger partial charge in [-0.05, 0) is 42.8 Å². The highest BCUT2D eigenvalue weighted by molar-refractivity contribution is 7.09. The first-order valence-electron chi connectivity index (χ1n) is 11.3. The van der Waals surface area contributed by atoms with E-state index < -0.39 is 12.1 Å². The zero-order chi connectivity index (χ0) is 22.3.